The first kappa shape index (κ1) is 17.6. The number of hydrogen-bond donors (Lipinski definition) is 0. The second-order valence-corrected chi connectivity index (χ2v) is 8.54. The van der Waals surface area contributed by atoms with Crippen LogP contribution < -0.4 is 0 Å². The Morgan fingerprint density at radius 3 is 2.15 bits per heavy atom. The zero-order valence-electron chi connectivity index (χ0n) is 15.8. The predicted octanol–water partition coefficient (Wildman–Crippen LogP) is 4.26. The summed E-state index contributed by atoms with van der Waals surface area (Å²) in [7, 11) is 0. The summed E-state index contributed by atoms with van der Waals surface area (Å²) in [6.45, 7) is 4.55. The second kappa shape index (κ2) is 6.40. The Labute approximate surface area is 155 Å². The molecule has 4 bridgehead atoms. The largest absolute Gasteiger partial charge is 0.466 e. The molecule has 4 fully saturated rings. The Bertz CT molecular complexity index is 691. The number of carbonyl (C=O) groups excluding carboxylic acids is 2. The Balaban J connectivity index is 1.64. The lowest BCUT2D eigenvalue weighted by atomic mass is 9.43. The highest BCUT2D eigenvalue weighted by Crippen LogP contribution is 2.66. The fourth-order valence-electron chi connectivity index (χ4n) is 6.30. The smallest absolute Gasteiger partial charge is 0.338 e. The molecule has 1 aromatic rings. The van der Waals surface area contributed by atoms with Gasteiger partial charge in [0.2, 0.25) is 0 Å². The molecule has 0 spiro atoms. The maximum absolute atomic E-state index is 12.8. The number of rotatable bonds is 5. The van der Waals surface area contributed by atoms with Gasteiger partial charge in [0.1, 0.15) is 0 Å². The Hall–Kier alpha value is -1.84. The van der Waals surface area contributed by atoms with Crippen LogP contribution in [-0.4, -0.2) is 25.2 Å². The molecule has 4 saturated carbocycles. The molecule has 0 N–H and O–H groups in total. The van der Waals surface area contributed by atoms with Crippen LogP contribution in [0.3, 0.4) is 0 Å². The van der Waals surface area contributed by atoms with E-state index in [1.54, 1.807) is 0 Å². The van der Waals surface area contributed by atoms with Gasteiger partial charge in [-0.15, -0.1) is 0 Å². The molecule has 4 nitrogen and oxygen atoms in total. The van der Waals surface area contributed by atoms with Gasteiger partial charge in [-0.3, -0.25) is 4.79 Å². The average Bonchev–Trinajstić information content (AvgIpc) is 2.61. The SMILES string of the molecule is CCOC(=O)c1ccc(C23C[C@@H]4C[C@@H](CC(C(=O)OCC)(C4)C2)C3)cc1. The molecule has 2 unspecified atom stereocenters. The topological polar surface area (TPSA) is 52.6 Å². The summed E-state index contributed by atoms with van der Waals surface area (Å²) in [5, 5.41) is 0. The first-order valence-corrected chi connectivity index (χ1v) is 9.95. The molecule has 1 aromatic carbocycles. The molecule has 26 heavy (non-hydrogen) atoms. The summed E-state index contributed by atoms with van der Waals surface area (Å²) >= 11 is 0. The third-order valence-electron chi connectivity index (χ3n) is 6.78. The second-order valence-electron chi connectivity index (χ2n) is 8.54. The lowest BCUT2D eigenvalue weighted by molar-refractivity contribution is -0.173. The van der Waals surface area contributed by atoms with E-state index in [0.717, 1.165) is 32.1 Å². The van der Waals surface area contributed by atoms with Gasteiger partial charge in [0.15, 0.2) is 0 Å². The van der Waals surface area contributed by atoms with Crippen molar-refractivity contribution < 1.29 is 19.1 Å². The Morgan fingerprint density at radius 2 is 1.58 bits per heavy atom. The molecule has 5 rings (SSSR count). The van der Waals surface area contributed by atoms with Crippen LogP contribution in [0, 0.1) is 17.3 Å². The standard InChI is InChI=1S/C22H28O4/c1-3-25-19(23)17-5-7-18(8-6-17)21-10-15-9-16(11-21)13-22(12-15,14-21)20(24)26-4-2/h5-8,15-16H,3-4,9-14H2,1-2H3/t15-,16+,21?,22?. The van der Waals surface area contributed by atoms with Crippen molar-refractivity contribution in [3.63, 3.8) is 0 Å². The van der Waals surface area contributed by atoms with Crippen molar-refractivity contribution in [3.8, 4) is 0 Å². The van der Waals surface area contributed by atoms with E-state index in [1.165, 1.54) is 12.0 Å². The van der Waals surface area contributed by atoms with Gasteiger partial charge in [-0.05, 0) is 87.3 Å². The highest BCUT2D eigenvalue weighted by atomic mass is 16.5. The summed E-state index contributed by atoms with van der Waals surface area (Å²) in [5.74, 6) is 0.977. The third kappa shape index (κ3) is 2.74. The number of ether oxygens (including phenoxy) is 2. The molecule has 0 aliphatic heterocycles. The van der Waals surface area contributed by atoms with Gasteiger partial charge in [0.05, 0.1) is 24.2 Å². The van der Waals surface area contributed by atoms with Crippen molar-refractivity contribution in [3.05, 3.63) is 35.4 Å². The molecule has 0 saturated heterocycles. The quantitative estimate of drug-likeness (QED) is 0.740. The van der Waals surface area contributed by atoms with E-state index < -0.39 is 0 Å². The summed E-state index contributed by atoms with van der Waals surface area (Å²) < 4.78 is 10.6. The van der Waals surface area contributed by atoms with E-state index in [0.29, 0.717) is 30.6 Å². The highest BCUT2D eigenvalue weighted by Gasteiger charge is 2.61. The number of esters is 2. The first-order valence-electron chi connectivity index (χ1n) is 9.95. The van der Waals surface area contributed by atoms with Crippen molar-refractivity contribution in [1.29, 1.82) is 0 Å². The van der Waals surface area contributed by atoms with Gasteiger partial charge >= 0.3 is 11.9 Å². The molecule has 4 atom stereocenters. The molecule has 4 aliphatic carbocycles. The fourth-order valence-corrected chi connectivity index (χ4v) is 6.30. The minimum absolute atomic E-state index is 0.0154. The summed E-state index contributed by atoms with van der Waals surface area (Å²) in [6.07, 6.45) is 6.44. The predicted molar refractivity (Wildman–Crippen MR) is 97.8 cm³/mol. The number of carbonyl (C=O) groups is 2. The van der Waals surface area contributed by atoms with Crippen molar-refractivity contribution in [2.45, 2.75) is 57.8 Å². The number of hydrogen-bond acceptors (Lipinski definition) is 4. The van der Waals surface area contributed by atoms with Crippen molar-refractivity contribution in [2.24, 2.45) is 17.3 Å². The summed E-state index contributed by atoms with van der Waals surface area (Å²) in [5.41, 5.74) is 1.64. The van der Waals surface area contributed by atoms with E-state index in [9.17, 15) is 9.59 Å². The number of benzene rings is 1. The third-order valence-corrected chi connectivity index (χ3v) is 6.78. The summed E-state index contributed by atoms with van der Waals surface area (Å²) in [4.78, 5) is 24.7. The Kier molecular flexibility index (Phi) is 4.32. The molecular weight excluding hydrogens is 328 g/mol. The van der Waals surface area contributed by atoms with Crippen LogP contribution in [0.4, 0.5) is 0 Å². The van der Waals surface area contributed by atoms with E-state index in [2.05, 4.69) is 12.1 Å². The summed E-state index contributed by atoms with van der Waals surface area (Å²) in [6, 6.07) is 7.92. The van der Waals surface area contributed by atoms with Crippen LogP contribution in [-0.2, 0) is 19.7 Å². The van der Waals surface area contributed by atoms with Gasteiger partial charge in [-0.1, -0.05) is 12.1 Å². The molecule has 0 aromatic heterocycles. The van der Waals surface area contributed by atoms with E-state index in [4.69, 9.17) is 9.47 Å². The minimum atomic E-state index is -0.292. The van der Waals surface area contributed by atoms with Crippen LogP contribution in [0.15, 0.2) is 24.3 Å². The average molecular weight is 356 g/mol. The van der Waals surface area contributed by atoms with Crippen LogP contribution in [0.5, 0.6) is 0 Å². The molecule has 0 amide bonds. The van der Waals surface area contributed by atoms with Gasteiger partial charge in [-0.25, -0.2) is 4.79 Å². The highest BCUT2D eigenvalue weighted by molar-refractivity contribution is 5.89. The van der Waals surface area contributed by atoms with E-state index >= 15 is 0 Å². The molecule has 0 radical (unpaired) electrons. The van der Waals surface area contributed by atoms with Crippen molar-refractivity contribution >= 4 is 11.9 Å². The van der Waals surface area contributed by atoms with Gasteiger partial charge < -0.3 is 9.47 Å². The van der Waals surface area contributed by atoms with Gasteiger partial charge in [-0.2, -0.15) is 0 Å². The van der Waals surface area contributed by atoms with Crippen LogP contribution >= 0.6 is 0 Å². The first-order chi connectivity index (χ1) is 12.5. The zero-order chi connectivity index (χ0) is 18.4. The maximum Gasteiger partial charge on any atom is 0.338 e. The van der Waals surface area contributed by atoms with Crippen molar-refractivity contribution in [2.75, 3.05) is 13.2 Å². The lowest BCUT2D eigenvalue weighted by Gasteiger charge is -2.61. The Morgan fingerprint density at radius 1 is 0.962 bits per heavy atom. The van der Waals surface area contributed by atoms with E-state index in [1.807, 2.05) is 26.0 Å². The van der Waals surface area contributed by atoms with Gasteiger partial charge in [0, 0.05) is 0 Å². The molecule has 4 aliphatic rings. The van der Waals surface area contributed by atoms with Crippen LogP contribution in [0.25, 0.3) is 0 Å². The maximum atomic E-state index is 12.8. The van der Waals surface area contributed by atoms with Gasteiger partial charge in [0.25, 0.3) is 0 Å². The molecule has 4 heteroatoms. The van der Waals surface area contributed by atoms with Crippen LogP contribution in [0.1, 0.15) is 68.3 Å². The molecule has 0 heterocycles. The van der Waals surface area contributed by atoms with E-state index in [-0.39, 0.29) is 22.8 Å². The lowest BCUT2D eigenvalue weighted by Crippen LogP contribution is -2.57. The zero-order valence-corrected chi connectivity index (χ0v) is 15.8. The van der Waals surface area contributed by atoms with Crippen LogP contribution in [0.2, 0.25) is 0 Å². The fraction of sp³-hybridized carbons (Fsp3) is 0.636. The molecule has 140 valence electrons. The normalized spacial score (nSPS) is 34.5. The molecular formula is C22H28O4. The van der Waals surface area contributed by atoms with Crippen molar-refractivity contribution in [1.82, 2.24) is 0 Å². The minimum Gasteiger partial charge on any atom is -0.466 e. The monoisotopic (exact) mass is 356 g/mol.